The zero-order chi connectivity index (χ0) is 11.3. The van der Waals surface area contributed by atoms with Crippen molar-refractivity contribution in [1.82, 2.24) is 14.4 Å². The van der Waals surface area contributed by atoms with E-state index in [2.05, 4.69) is 32.6 Å². The van der Waals surface area contributed by atoms with Gasteiger partial charge in [-0.2, -0.15) is 0 Å². The first kappa shape index (κ1) is 10.7. The van der Waals surface area contributed by atoms with Crippen molar-refractivity contribution in [2.75, 3.05) is 0 Å². The number of rotatable bonds is 1. The first-order valence-electron chi connectivity index (χ1n) is 5.03. The Kier molecular flexibility index (Phi) is 2.56. The molecule has 1 aliphatic carbocycles. The largest absolute Gasteiger partial charge is 0.393 e. The fourth-order valence-corrected chi connectivity index (χ4v) is 3.23. The van der Waals surface area contributed by atoms with Crippen LogP contribution in [-0.4, -0.2) is 25.6 Å². The van der Waals surface area contributed by atoms with Crippen molar-refractivity contribution in [1.29, 1.82) is 0 Å². The molecule has 2 aromatic rings. The van der Waals surface area contributed by atoms with E-state index in [0.29, 0.717) is 11.1 Å². The molecule has 0 bridgehead atoms. The standard InChI is InChI=1S/C10H9ClIN3O/c11-8-7-9(12)14-10(5-3-6(16)4-5)15(7)2-1-13-8/h1-2,5-6,16H,3-4H2. The first-order chi connectivity index (χ1) is 7.66. The number of hydrogen-bond donors (Lipinski definition) is 1. The number of hydrogen-bond acceptors (Lipinski definition) is 3. The topological polar surface area (TPSA) is 50.4 Å². The van der Waals surface area contributed by atoms with Crippen LogP contribution < -0.4 is 0 Å². The van der Waals surface area contributed by atoms with Gasteiger partial charge in [0, 0.05) is 18.3 Å². The smallest absolute Gasteiger partial charge is 0.155 e. The minimum Gasteiger partial charge on any atom is -0.393 e. The van der Waals surface area contributed by atoms with Gasteiger partial charge in [0.25, 0.3) is 0 Å². The van der Waals surface area contributed by atoms with Gasteiger partial charge < -0.3 is 5.11 Å². The van der Waals surface area contributed by atoms with Gasteiger partial charge in [0.1, 0.15) is 15.0 Å². The lowest BCUT2D eigenvalue weighted by atomic mass is 9.82. The Hall–Kier alpha value is -0.400. The normalized spacial score (nSPS) is 24.7. The minimum absolute atomic E-state index is 0.174. The predicted molar refractivity (Wildman–Crippen MR) is 68.7 cm³/mol. The average molecular weight is 350 g/mol. The van der Waals surface area contributed by atoms with E-state index in [-0.39, 0.29) is 6.10 Å². The molecule has 0 amide bonds. The summed E-state index contributed by atoms with van der Waals surface area (Å²) in [6.45, 7) is 0. The number of aromatic nitrogens is 3. The van der Waals surface area contributed by atoms with Gasteiger partial charge in [0.2, 0.25) is 0 Å². The lowest BCUT2D eigenvalue weighted by molar-refractivity contribution is 0.0715. The second-order valence-corrected chi connectivity index (χ2v) is 5.40. The molecule has 16 heavy (non-hydrogen) atoms. The number of aliphatic hydroxyl groups excluding tert-OH is 1. The molecule has 0 aliphatic heterocycles. The van der Waals surface area contributed by atoms with Crippen LogP contribution in [0.4, 0.5) is 0 Å². The summed E-state index contributed by atoms with van der Waals surface area (Å²) >= 11 is 8.21. The molecular weight excluding hydrogens is 340 g/mol. The number of halogens is 2. The molecule has 0 atom stereocenters. The van der Waals surface area contributed by atoms with Gasteiger partial charge in [-0.15, -0.1) is 0 Å². The van der Waals surface area contributed by atoms with E-state index in [9.17, 15) is 5.11 Å². The van der Waals surface area contributed by atoms with E-state index in [1.54, 1.807) is 6.20 Å². The fraction of sp³-hybridized carbons (Fsp3) is 0.400. The monoisotopic (exact) mass is 349 g/mol. The van der Waals surface area contributed by atoms with Crippen LogP contribution in [-0.2, 0) is 0 Å². The highest BCUT2D eigenvalue weighted by Gasteiger charge is 2.32. The third kappa shape index (κ3) is 1.53. The molecule has 0 unspecified atom stereocenters. The van der Waals surface area contributed by atoms with Gasteiger partial charge in [-0.1, -0.05) is 11.6 Å². The van der Waals surface area contributed by atoms with E-state index in [0.717, 1.165) is 27.9 Å². The maximum absolute atomic E-state index is 9.34. The van der Waals surface area contributed by atoms with Gasteiger partial charge in [0.05, 0.1) is 6.10 Å². The summed E-state index contributed by atoms with van der Waals surface area (Å²) in [5, 5.41) is 9.81. The van der Waals surface area contributed by atoms with E-state index in [1.807, 2.05) is 10.6 Å². The van der Waals surface area contributed by atoms with Crippen molar-refractivity contribution >= 4 is 39.7 Å². The molecule has 3 rings (SSSR count). The van der Waals surface area contributed by atoms with Crippen molar-refractivity contribution in [2.24, 2.45) is 0 Å². The Morgan fingerprint density at radius 2 is 2.25 bits per heavy atom. The van der Waals surface area contributed by atoms with E-state index < -0.39 is 0 Å². The highest BCUT2D eigenvalue weighted by molar-refractivity contribution is 14.1. The lowest BCUT2D eigenvalue weighted by Gasteiger charge is -2.30. The van der Waals surface area contributed by atoms with Crippen molar-refractivity contribution in [3.05, 3.63) is 27.1 Å². The third-order valence-corrected chi connectivity index (χ3v) is 4.00. The molecule has 2 aromatic heterocycles. The second-order valence-electron chi connectivity index (χ2n) is 4.02. The van der Waals surface area contributed by atoms with Crippen LogP contribution in [0.5, 0.6) is 0 Å². The van der Waals surface area contributed by atoms with Crippen molar-refractivity contribution in [2.45, 2.75) is 24.9 Å². The molecule has 1 aliphatic rings. The lowest BCUT2D eigenvalue weighted by Crippen LogP contribution is -2.27. The molecule has 1 saturated carbocycles. The van der Waals surface area contributed by atoms with Gasteiger partial charge in [-0.05, 0) is 35.4 Å². The molecule has 4 nitrogen and oxygen atoms in total. The SMILES string of the molecule is OC1CC(c2nc(I)c3c(Cl)nccn23)C1. The molecule has 0 spiro atoms. The number of imidazole rings is 1. The Balaban J connectivity index is 2.16. The number of aliphatic hydroxyl groups is 1. The molecule has 2 heterocycles. The van der Waals surface area contributed by atoms with Crippen LogP contribution in [0.15, 0.2) is 12.4 Å². The molecular formula is C10H9ClIN3O. The van der Waals surface area contributed by atoms with Crippen LogP contribution in [0.1, 0.15) is 24.6 Å². The second kappa shape index (κ2) is 3.82. The van der Waals surface area contributed by atoms with Gasteiger partial charge in [-0.3, -0.25) is 4.40 Å². The molecule has 1 N–H and O–H groups in total. The summed E-state index contributed by atoms with van der Waals surface area (Å²) in [4.78, 5) is 8.57. The predicted octanol–water partition coefficient (Wildman–Crippen LogP) is 2.23. The zero-order valence-electron chi connectivity index (χ0n) is 8.27. The average Bonchev–Trinajstić information content (AvgIpc) is 2.53. The van der Waals surface area contributed by atoms with E-state index >= 15 is 0 Å². The summed E-state index contributed by atoms with van der Waals surface area (Å²) in [5.74, 6) is 1.32. The maximum Gasteiger partial charge on any atom is 0.155 e. The molecule has 6 heteroatoms. The van der Waals surface area contributed by atoms with Gasteiger partial charge >= 0.3 is 0 Å². The van der Waals surface area contributed by atoms with Crippen molar-refractivity contribution in [3.8, 4) is 0 Å². The Bertz CT molecular complexity index is 550. The number of nitrogens with zero attached hydrogens (tertiary/aromatic N) is 3. The summed E-state index contributed by atoms with van der Waals surface area (Å²) in [5.41, 5.74) is 0.862. The molecule has 0 radical (unpaired) electrons. The van der Waals surface area contributed by atoms with E-state index in [1.165, 1.54) is 0 Å². The fourth-order valence-electron chi connectivity index (χ4n) is 2.07. The summed E-state index contributed by atoms with van der Waals surface area (Å²) in [6, 6.07) is 0. The number of fused-ring (bicyclic) bond motifs is 1. The van der Waals surface area contributed by atoms with Crippen LogP contribution >= 0.6 is 34.2 Å². The summed E-state index contributed by atoms with van der Waals surface area (Å²) < 4.78 is 2.85. The molecule has 0 saturated heterocycles. The van der Waals surface area contributed by atoms with E-state index in [4.69, 9.17) is 11.6 Å². The third-order valence-electron chi connectivity index (χ3n) is 2.97. The molecule has 84 valence electrons. The minimum atomic E-state index is -0.174. The molecule has 1 fully saturated rings. The zero-order valence-corrected chi connectivity index (χ0v) is 11.2. The summed E-state index contributed by atoms with van der Waals surface area (Å²) in [7, 11) is 0. The van der Waals surface area contributed by atoms with Gasteiger partial charge in [0.15, 0.2) is 5.15 Å². The van der Waals surface area contributed by atoms with Crippen molar-refractivity contribution < 1.29 is 5.11 Å². The quantitative estimate of drug-likeness (QED) is 0.803. The Labute approximate surface area is 111 Å². The van der Waals surface area contributed by atoms with Gasteiger partial charge in [-0.25, -0.2) is 9.97 Å². The Morgan fingerprint density at radius 3 is 2.94 bits per heavy atom. The van der Waals surface area contributed by atoms with Crippen LogP contribution in [0.25, 0.3) is 5.52 Å². The van der Waals surface area contributed by atoms with Crippen LogP contribution in [0.3, 0.4) is 0 Å². The highest BCUT2D eigenvalue weighted by atomic mass is 127. The van der Waals surface area contributed by atoms with Crippen LogP contribution in [0.2, 0.25) is 5.15 Å². The van der Waals surface area contributed by atoms with Crippen molar-refractivity contribution in [3.63, 3.8) is 0 Å². The summed E-state index contributed by atoms with van der Waals surface area (Å²) in [6.07, 6.45) is 4.94. The Morgan fingerprint density at radius 1 is 1.50 bits per heavy atom. The maximum atomic E-state index is 9.34. The molecule has 0 aromatic carbocycles. The first-order valence-corrected chi connectivity index (χ1v) is 6.48. The highest BCUT2D eigenvalue weighted by Crippen LogP contribution is 2.37. The van der Waals surface area contributed by atoms with Crippen LogP contribution in [0, 0.1) is 3.70 Å².